The number of nitrogens with one attached hydrogen (secondary N) is 2. The summed E-state index contributed by atoms with van der Waals surface area (Å²) in [6.07, 6.45) is 0. The van der Waals surface area contributed by atoms with Crippen molar-refractivity contribution < 1.29 is 14.3 Å². The lowest BCUT2D eigenvalue weighted by molar-refractivity contribution is -0.135. The molecule has 1 heterocycles. The normalized spacial score (nSPS) is 10.3. The first-order valence-corrected chi connectivity index (χ1v) is 4.92. The van der Waals surface area contributed by atoms with Gasteiger partial charge in [-0.15, -0.1) is 0 Å². The van der Waals surface area contributed by atoms with Gasteiger partial charge < -0.3 is 14.7 Å². The fourth-order valence-corrected chi connectivity index (χ4v) is 1.47. The standard InChI is InChI=1S/C11H8N2O5/c1-18-11(17)8(14)5-2-3-6-7(4-5)13-10(16)9(15)12-6/h2-4H,1H3,(H,12,15)(H,13,16). The van der Waals surface area contributed by atoms with Crippen LogP contribution in [0, 0.1) is 0 Å². The summed E-state index contributed by atoms with van der Waals surface area (Å²) in [6.45, 7) is 0. The van der Waals surface area contributed by atoms with Crippen molar-refractivity contribution in [1.29, 1.82) is 0 Å². The number of hydrogen-bond acceptors (Lipinski definition) is 5. The highest BCUT2D eigenvalue weighted by molar-refractivity contribution is 6.40. The summed E-state index contributed by atoms with van der Waals surface area (Å²) >= 11 is 0. The number of H-pyrrole nitrogens is 2. The first-order valence-electron chi connectivity index (χ1n) is 4.92. The minimum Gasteiger partial charge on any atom is -0.463 e. The summed E-state index contributed by atoms with van der Waals surface area (Å²) in [4.78, 5) is 49.4. The monoisotopic (exact) mass is 248 g/mol. The van der Waals surface area contributed by atoms with Crippen LogP contribution in [-0.2, 0) is 9.53 Å². The second kappa shape index (κ2) is 4.28. The van der Waals surface area contributed by atoms with Crippen molar-refractivity contribution >= 4 is 22.8 Å². The number of aromatic nitrogens is 2. The molecular formula is C11H8N2O5. The topological polar surface area (TPSA) is 109 Å². The second-order valence-electron chi connectivity index (χ2n) is 3.49. The number of rotatable bonds is 2. The number of hydrogen-bond donors (Lipinski definition) is 2. The van der Waals surface area contributed by atoms with Crippen LogP contribution in [0.25, 0.3) is 11.0 Å². The van der Waals surface area contributed by atoms with Crippen LogP contribution < -0.4 is 11.1 Å². The Bertz CT molecular complexity index is 756. The molecule has 0 spiro atoms. The molecule has 1 aromatic carbocycles. The van der Waals surface area contributed by atoms with Gasteiger partial charge >= 0.3 is 17.1 Å². The molecule has 2 rings (SSSR count). The number of carbonyl (C=O) groups excluding carboxylic acids is 2. The molecule has 92 valence electrons. The Morgan fingerprint density at radius 2 is 1.67 bits per heavy atom. The van der Waals surface area contributed by atoms with Gasteiger partial charge in [-0.3, -0.25) is 14.4 Å². The number of ketones is 1. The fraction of sp³-hybridized carbons (Fsp3) is 0.0909. The van der Waals surface area contributed by atoms with Crippen LogP contribution in [0.2, 0.25) is 0 Å². The summed E-state index contributed by atoms with van der Waals surface area (Å²) < 4.78 is 4.30. The van der Waals surface area contributed by atoms with Gasteiger partial charge in [-0.2, -0.15) is 0 Å². The van der Waals surface area contributed by atoms with E-state index in [1.165, 1.54) is 18.2 Å². The average molecular weight is 248 g/mol. The molecule has 7 nitrogen and oxygen atoms in total. The highest BCUT2D eigenvalue weighted by Gasteiger charge is 2.17. The van der Waals surface area contributed by atoms with Crippen LogP contribution in [-0.4, -0.2) is 28.8 Å². The van der Waals surface area contributed by atoms with Crippen molar-refractivity contribution in [3.63, 3.8) is 0 Å². The number of ether oxygens (including phenoxy) is 1. The number of benzene rings is 1. The molecule has 0 amide bonds. The molecule has 0 atom stereocenters. The number of Topliss-reactive ketones (excluding diaryl/α,β-unsaturated/α-hetero) is 1. The molecular weight excluding hydrogens is 240 g/mol. The summed E-state index contributed by atoms with van der Waals surface area (Å²) in [5.41, 5.74) is -0.924. The highest BCUT2D eigenvalue weighted by atomic mass is 16.5. The predicted octanol–water partition coefficient (Wildman–Crippen LogP) is -0.428. The van der Waals surface area contributed by atoms with Crippen LogP contribution in [0.1, 0.15) is 10.4 Å². The number of esters is 1. The molecule has 0 bridgehead atoms. The Kier molecular flexibility index (Phi) is 2.80. The molecule has 0 aliphatic heterocycles. The molecule has 2 aromatic rings. The zero-order valence-electron chi connectivity index (χ0n) is 9.27. The van der Waals surface area contributed by atoms with Crippen molar-refractivity contribution in [3.8, 4) is 0 Å². The van der Waals surface area contributed by atoms with E-state index in [4.69, 9.17) is 0 Å². The van der Waals surface area contributed by atoms with Gasteiger partial charge in [-0.1, -0.05) is 0 Å². The Labute approximate surface area is 99.4 Å². The van der Waals surface area contributed by atoms with Gasteiger partial charge in [0.05, 0.1) is 18.1 Å². The molecule has 1 aromatic heterocycles. The lowest BCUT2D eigenvalue weighted by Crippen LogP contribution is -2.29. The van der Waals surface area contributed by atoms with Gasteiger partial charge in [0, 0.05) is 5.56 Å². The molecule has 0 radical (unpaired) electrons. The quantitative estimate of drug-likeness (QED) is 0.426. The van der Waals surface area contributed by atoms with Crippen molar-refractivity contribution in [2.75, 3.05) is 7.11 Å². The number of fused-ring (bicyclic) bond motifs is 1. The van der Waals surface area contributed by atoms with Crippen molar-refractivity contribution in [2.24, 2.45) is 0 Å². The van der Waals surface area contributed by atoms with Gasteiger partial charge in [-0.25, -0.2) is 4.79 Å². The largest absolute Gasteiger partial charge is 0.463 e. The fourth-order valence-electron chi connectivity index (χ4n) is 1.47. The minimum absolute atomic E-state index is 0.0667. The van der Waals surface area contributed by atoms with E-state index >= 15 is 0 Å². The highest BCUT2D eigenvalue weighted by Crippen LogP contribution is 2.10. The maximum Gasteiger partial charge on any atom is 0.379 e. The van der Waals surface area contributed by atoms with Gasteiger partial charge in [0.1, 0.15) is 0 Å². The van der Waals surface area contributed by atoms with Gasteiger partial charge in [0.15, 0.2) is 0 Å². The van der Waals surface area contributed by atoms with Crippen LogP contribution in [0.3, 0.4) is 0 Å². The van der Waals surface area contributed by atoms with E-state index < -0.39 is 22.9 Å². The summed E-state index contributed by atoms with van der Waals surface area (Å²) in [5, 5.41) is 0. The number of methoxy groups -OCH3 is 1. The summed E-state index contributed by atoms with van der Waals surface area (Å²) in [6, 6.07) is 4.07. The summed E-state index contributed by atoms with van der Waals surface area (Å²) in [7, 11) is 1.10. The SMILES string of the molecule is COC(=O)C(=O)c1ccc2[nH]c(=O)c(=O)[nH]c2c1. The number of aromatic amines is 2. The van der Waals surface area contributed by atoms with E-state index in [2.05, 4.69) is 14.7 Å². The number of carbonyl (C=O) groups is 2. The zero-order valence-corrected chi connectivity index (χ0v) is 9.27. The molecule has 0 saturated heterocycles. The van der Waals surface area contributed by atoms with E-state index in [0.717, 1.165) is 7.11 Å². The van der Waals surface area contributed by atoms with E-state index in [-0.39, 0.29) is 11.1 Å². The third-order valence-electron chi connectivity index (χ3n) is 2.36. The minimum atomic E-state index is -0.999. The van der Waals surface area contributed by atoms with Gasteiger partial charge in [0.25, 0.3) is 5.78 Å². The zero-order chi connectivity index (χ0) is 13.3. The van der Waals surface area contributed by atoms with Crippen molar-refractivity contribution in [1.82, 2.24) is 9.97 Å². The van der Waals surface area contributed by atoms with Crippen molar-refractivity contribution in [2.45, 2.75) is 0 Å². The van der Waals surface area contributed by atoms with E-state index in [1.807, 2.05) is 0 Å². The molecule has 18 heavy (non-hydrogen) atoms. The average Bonchev–Trinajstić information content (AvgIpc) is 2.37. The van der Waals surface area contributed by atoms with E-state index in [1.54, 1.807) is 0 Å². The molecule has 0 aliphatic carbocycles. The third-order valence-corrected chi connectivity index (χ3v) is 2.36. The molecule has 0 saturated carbocycles. The van der Waals surface area contributed by atoms with Crippen LogP contribution in [0.15, 0.2) is 27.8 Å². The maximum atomic E-state index is 11.5. The van der Waals surface area contributed by atoms with Crippen LogP contribution in [0.5, 0.6) is 0 Å². The van der Waals surface area contributed by atoms with E-state index in [0.29, 0.717) is 5.52 Å². The lowest BCUT2D eigenvalue weighted by atomic mass is 10.1. The first kappa shape index (κ1) is 11.8. The van der Waals surface area contributed by atoms with Crippen LogP contribution >= 0.6 is 0 Å². The maximum absolute atomic E-state index is 11.5. The Hall–Kier alpha value is -2.70. The first-order chi connectivity index (χ1) is 8.52. The Morgan fingerprint density at radius 1 is 1.06 bits per heavy atom. The third kappa shape index (κ3) is 1.93. The van der Waals surface area contributed by atoms with Gasteiger partial charge in [-0.05, 0) is 18.2 Å². The smallest absolute Gasteiger partial charge is 0.379 e. The lowest BCUT2D eigenvalue weighted by Gasteiger charge is -2.01. The van der Waals surface area contributed by atoms with E-state index in [9.17, 15) is 19.2 Å². The molecule has 2 N–H and O–H groups in total. The van der Waals surface area contributed by atoms with Crippen LogP contribution in [0.4, 0.5) is 0 Å². The van der Waals surface area contributed by atoms with Gasteiger partial charge in [0.2, 0.25) is 0 Å². The predicted molar refractivity (Wildman–Crippen MR) is 61.5 cm³/mol. The Morgan fingerprint density at radius 3 is 2.28 bits per heavy atom. The second-order valence-corrected chi connectivity index (χ2v) is 3.49. The molecule has 0 unspecified atom stereocenters. The summed E-state index contributed by atoms with van der Waals surface area (Å²) in [5.74, 6) is -1.83. The Balaban J connectivity index is 2.61. The molecule has 7 heteroatoms. The van der Waals surface area contributed by atoms with Crippen molar-refractivity contribution in [3.05, 3.63) is 44.5 Å². The molecule has 0 fully saturated rings. The molecule has 0 aliphatic rings.